The summed E-state index contributed by atoms with van der Waals surface area (Å²) in [6.45, 7) is 7.97. The fourth-order valence-electron chi connectivity index (χ4n) is 1.92. The molecule has 0 heterocycles. The van der Waals surface area contributed by atoms with E-state index < -0.39 is 0 Å². The molecule has 0 bridgehead atoms. The minimum absolute atomic E-state index is 0.0113. The van der Waals surface area contributed by atoms with Crippen LogP contribution in [0.4, 0.5) is 5.69 Å². The number of anilines is 1. The second-order valence-electron chi connectivity index (χ2n) is 4.72. The molecule has 0 aliphatic rings. The highest BCUT2D eigenvalue weighted by atomic mass is 16.1. The van der Waals surface area contributed by atoms with Gasteiger partial charge in [0.15, 0.2) is 0 Å². The quantitative estimate of drug-likeness (QED) is 0.777. The molecule has 1 rings (SSSR count). The molecule has 1 atom stereocenters. The van der Waals surface area contributed by atoms with Crippen molar-refractivity contribution in [1.29, 1.82) is 0 Å². The van der Waals surface area contributed by atoms with Gasteiger partial charge in [-0.1, -0.05) is 26.3 Å². The first kappa shape index (κ1) is 14.6. The van der Waals surface area contributed by atoms with Gasteiger partial charge in [0, 0.05) is 24.3 Å². The summed E-state index contributed by atoms with van der Waals surface area (Å²) in [5.74, 6) is 0.644. The SMILES string of the molecule is CCCC(C)CNc1cccc(C(=O)NCC)c1. The number of rotatable bonds is 7. The molecule has 3 heteroatoms. The summed E-state index contributed by atoms with van der Waals surface area (Å²) < 4.78 is 0. The van der Waals surface area contributed by atoms with Crippen LogP contribution in [0.15, 0.2) is 24.3 Å². The molecule has 1 amide bonds. The lowest BCUT2D eigenvalue weighted by molar-refractivity contribution is 0.0956. The van der Waals surface area contributed by atoms with E-state index in [-0.39, 0.29) is 5.91 Å². The first-order valence-corrected chi connectivity index (χ1v) is 6.79. The van der Waals surface area contributed by atoms with E-state index in [9.17, 15) is 4.79 Å². The molecule has 2 N–H and O–H groups in total. The fraction of sp³-hybridized carbons (Fsp3) is 0.533. The van der Waals surface area contributed by atoms with Gasteiger partial charge in [0.2, 0.25) is 0 Å². The summed E-state index contributed by atoms with van der Waals surface area (Å²) >= 11 is 0. The van der Waals surface area contributed by atoms with Gasteiger partial charge in [-0.3, -0.25) is 4.79 Å². The van der Waals surface area contributed by atoms with E-state index in [1.165, 1.54) is 12.8 Å². The Morgan fingerprint density at radius 1 is 1.33 bits per heavy atom. The number of carbonyl (C=O) groups excluding carboxylic acids is 1. The monoisotopic (exact) mass is 248 g/mol. The molecule has 1 unspecified atom stereocenters. The third-order valence-electron chi connectivity index (χ3n) is 2.90. The van der Waals surface area contributed by atoms with Crippen LogP contribution in [0.3, 0.4) is 0 Å². The Morgan fingerprint density at radius 2 is 2.11 bits per heavy atom. The van der Waals surface area contributed by atoms with Crippen LogP contribution in [0.25, 0.3) is 0 Å². The molecule has 0 fully saturated rings. The van der Waals surface area contributed by atoms with Gasteiger partial charge in [-0.25, -0.2) is 0 Å². The van der Waals surface area contributed by atoms with E-state index in [2.05, 4.69) is 24.5 Å². The highest BCUT2D eigenvalue weighted by Gasteiger charge is 2.05. The van der Waals surface area contributed by atoms with Crippen LogP contribution < -0.4 is 10.6 Å². The van der Waals surface area contributed by atoms with Crippen molar-refractivity contribution < 1.29 is 4.79 Å². The molecule has 0 saturated heterocycles. The van der Waals surface area contributed by atoms with Crippen molar-refractivity contribution in [3.8, 4) is 0 Å². The second kappa shape index (κ2) is 7.75. The summed E-state index contributed by atoms with van der Waals surface area (Å²) in [4.78, 5) is 11.7. The van der Waals surface area contributed by atoms with Crippen LogP contribution in [0.2, 0.25) is 0 Å². The van der Waals surface area contributed by atoms with Gasteiger partial charge in [0.1, 0.15) is 0 Å². The fourth-order valence-corrected chi connectivity index (χ4v) is 1.92. The summed E-state index contributed by atoms with van der Waals surface area (Å²) in [5.41, 5.74) is 1.73. The first-order chi connectivity index (χ1) is 8.67. The molecule has 1 aromatic carbocycles. The van der Waals surface area contributed by atoms with Crippen LogP contribution in [-0.4, -0.2) is 19.0 Å². The maximum absolute atomic E-state index is 11.7. The molecule has 100 valence electrons. The minimum atomic E-state index is -0.0113. The summed E-state index contributed by atoms with van der Waals surface area (Å²) in [6, 6.07) is 7.66. The zero-order chi connectivity index (χ0) is 13.4. The van der Waals surface area contributed by atoms with Crippen molar-refractivity contribution in [2.75, 3.05) is 18.4 Å². The molecular weight excluding hydrogens is 224 g/mol. The van der Waals surface area contributed by atoms with E-state index in [1.807, 2.05) is 31.2 Å². The van der Waals surface area contributed by atoms with E-state index >= 15 is 0 Å². The number of benzene rings is 1. The lowest BCUT2D eigenvalue weighted by Crippen LogP contribution is -2.22. The largest absolute Gasteiger partial charge is 0.385 e. The Hall–Kier alpha value is -1.51. The van der Waals surface area contributed by atoms with Gasteiger partial charge < -0.3 is 10.6 Å². The van der Waals surface area contributed by atoms with Gasteiger partial charge in [0.25, 0.3) is 5.91 Å². The second-order valence-corrected chi connectivity index (χ2v) is 4.72. The van der Waals surface area contributed by atoms with Crippen molar-refractivity contribution in [1.82, 2.24) is 5.32 Å². The average molecular weight is 248 g/mol. The van der Waals surface area contributed by atoms with Gasteiger partial charge >= 0.3 is 0 Å². The lowest BCUT2D eigenvalue weighted by atomic mass is 10.1. The van der Waals surface area contributed by atoms with Crippen LogP contribution >= 0.6 is 0 Å². The molecule has 0 spiro atoms. The zero-order valence-electron chi connectivity index (χ0n) is 11.6. The van der Waals surface area contributed by atoms with Crippen LogP contribution in [0.1, 0.15) is 44.0 Å². The third kappa shape index (κ3) is 4.78. The van der Waals surface area contributed by atoms with Crippen molar-refractivity contribution >= 4 is 11.6 Å². The molecule has 18 heavy (non-hydrogen) atoms. The highest BCUT2D eigenvalue weighted by Crippen LogP contribution is 2.12. The van der Waals surface area contributed by atoms with Gasteiger partial charge in [-0.15, -0.1) is 0 Å². The van der Waals surface area contributed by atoms with E-state index in [4.69, 9.17) is 0 Å². The topological polar surface area (TPSA) is 41.1 Å². The third-order valence-corrected chi connectivity index (χ3v) is 2.90. The minimum Gasteiger partial charge on any atom is -0.385 e. The predicted octanol–water partition coefficient (Wildman–Crippen LogP) is 3.28. The molecule has 0 aliphatic carbocycles. The van der Waals surface area contributed by atoms with Crippen LogP contribution in [-0.2, 0) is 0 Å². The van der Waals surface area contributed by atoms with E-state index in [0.29, 0.717) is 18.0 Å². The molecular formula is C15H24N2O. The van der Waals surface area contributed by atoms with Gasteiger partial charge in [0.05, 0.1) is 0 Å². The highest BCUT2D eigenvalue weighted by molar-refractivity contribution is 5.95. The number of nitrogens with one attached hydrogen (secondary N) is 2. The van der Waals surface area contributed by atoms with Crippen LogP contribution in [0.5, 0.6) is 0 Å². The maximum atomic E-state index is 11.7. The maximum Gasteiger partial charge on any atom is 0.251 e. The number of hydrogen-bond acceptors (Lipinski definition) is 2. The molecule has 3 nitrogen and oxygen atoms in total. The van der Waals surface area contributed by atoms with Crippen molar-refractivity contribution in [3.63, 3.8) is 0 Å². The van der Waals surface area contributed by atoms with E-state index in [0.717, 1.165) is 12.2 Å². The van der Waals surface area contributed by atoms with E-state index in [1.54, 1.807) is 0 Å². The Kier molecular flexibility index (Phi) is 6.26. The number of carbonyl (C=O) groups is 1. The van der Waals surface area contributed by atoms with Gasteiger partial charge in [-0.05, 0) is 37.5 Å². The van der Waals surface area contributed by atoms with Gasteiger partial charge in [-0.2, -0.15) is 0 Å². The summed E-state index contributed by atoms with van der Waals surface area (Å²) in [6.07, 6.45) is 2.44. The summed E-state index contributed by atoms with van der Waals surface area (Å²) in [5, 5.41) is 6.19. The zero-order valence-corrected chi connectivity index (χ0v) is 11.6. The van der Waals surface area contributed by atoms with Crippen molar-refractivity contribution in [2.45, 2.75) is 33.6 Å². The lowest BCUT2D eigenvalue weighted by Gasteiger charge is -2.13. The normalized spacial score (nSPS) is 11.9. The molecule has 0 aromatic heterocycles. The molecule has 0 saturated carbocycles. The molecule has 0 aliphatic heterocycles. The predicted molar refractivity (Wildman–Crippen MR) is 77.0 cm³/mol. The molecule has 1 aromatic rings. The average Bonchev–Trinajstić information content (AvgIpc) is 2.37. The number of amides is 1. The summed E-state index contributed by atoms with van der Waals surface area (Å²) in [7, 11) is 0. The Balaban J connectivity index is 2.56. The Labute approximate surface area is 110 Å². The Morgan fingerprint density at radius 3 is 2.78 bits per heavy atom. The van der Waals surface area contributed by atoms with Crippen LogP contribution in [0, 0.1) is 5.92 Å². The number of hydrogen-bond donors (Lipinski definition) is 2. The van der Waals surface area contributed by atoms with Crippen molar-refractivity contribution in [3.05, 3.63) is 29.8 Å². The Bertz CT molecular complexity index is 377. The molecule has 0 radical (unpaired) electrons. The standard InChI is InChI=1S/C15H24N2O/c1-4-7-12(3)11-17-14-9-6-8-13(10-14)15(18)16-5-2/h6,8-10,12,17H,4-5,7,11H2,1-3H3,(H,16,18). The first-order valence-electron chi connectivity index (χ1n) is 6.79. The smallest absolute Gasteiger partial charge is 0.251 e. The van der Waals surface area contributed by atoms with Crippen molar-refractivity contribution in [2.24, 2.45) is 5.92 Å².